The van der Waals surface area contributed by atoms with Crippen molar-refractivity contribution in [1.82, 2.24) is 5.32 Å². The van der Waals surface area contributed by atoms with Gasteiger partial charge in [-0.2, -0.15) is 0 Å². The third-order valence-electron chi connectivity index (χ3n) is 3.62. The van der Waals surface area contributed by atoms with Gasteiger partial charge < -0.3 is 5.32 Å². The van der Waals surface area contributed by atoms with E-state index in [1.807, 2.05) is 0 Å². The van der Waals surface area contributed by atoms with Gasteiger partial charge in [0.25, 0.3) is 0 Å². The topological polar surface area (TPSA) is 12.0 Å². The fraction of sp³-hybridized carbons (Fsp3) is 0.846. The minimum absolute atomic E-state index is 0.505. The molecule has 1 rings (SSSR count). The first-order valence-electron chi connectivity index (χ1n) is 5.94. The van der Waals surface area contributed by atoms with Crippen molar-refractivity contribution in [2.45, 2.75) is 52.0 Å². The third-order valence-corrected chi connectivity index (χ3v) is 3.62. The molecule has 0 aromatic rings. The molecule has 1 aliphatic carbocycles. The van der Waals surface area contributed by atoms with Crippen LogP contribution in [0.2, 0.25) is 0 Å². The van der Waals surface area contributed by atoms with E-state index in [9.17, 15) is 0 Å². The third kappa shape index (κ3) is 2.38. The fourth-order valence-corrected chi connectivity index (χ4v) is 3.21. The average Bonchev–Trinajstić information content (AvgIpc) is 2.55. The molecule has 0 aromatic carbocycles. The summed E-state index contributed by atoms with van der Waals surface area (Å²) in [4.78, 5) is 0. The molecule has 0 amide bonds. The van der Waals surface area contributed by atoms with Crippen LogP contribution in [0, 0.1) is 11.3 Å². The number of hydrogen-bond acceptors (Lipinski definition) is 1. The Hall–Kier alpha value is -0.300. The lowest BCUT2D eigenvalue weighted by Gasteiger charge is -2.37. The van der Waals surface area contributed by atoms with Crippen LogP contribution in [-0.2, 0) is 0 Å². The van der Waals surface area contributed by atoms with E-state index >= 15 is 0 Å². The molecular weight excluding hydrogens is 170 g/mol. The van der Waals surface area contributed by atoms with E-state index < -0.39 is 0 Å². The molecule has 0 bridgehead atoms. The van der Waals surface area contributed by atoms with Crippen LogP contribution < -0.4 is 5.32 Å². The molecule has 1 nitrogen and oxygen atoms in total. The molecule has 0 spiro atoms. The summed E-state index contributed by atoms with van der Waals surface area (Å²) >= 11 is 0. The zero-order valence-corrected chi connectivity index (χ0v) is 9.97. The van der Waals surface area contributed by atoms with Gasteiger partial charge in [0.05, 0.1) is 0 Å². The Morgan fingerprint density at radius 1 is 1.36 bits per heavy atom. The number of likely N-dealkylation sites (N-methyl/N-ethyl adjacent to an activating group) is 1. The van der Waals surface area contributed by atoms with E-state index in [4.69, 9.17) is 0 Å². The molecule has 1 unspecified atom stereocenters. The predicted molar refractivity (Wildman–Crippen MR) is 63.4 cm³/mol. The molecule has 14 heavy (non-hydrogen) atoms. The van der Waals surface area contributed by atoms with Gasteiger partial charge in [0.2, 0.25) is 0 Å². The van der Waals surface area contributed by atoms with Crippen LogP contribution in [0.1, 0.15) is 46.0 Å². The molecule has 0 saturated heterocycles. The second kappa shape index (κ2) is 4.97. The zero-order chi connectivity index (χ0) is 10.6. The summed E-state index contributed by atoms with van der Waals surface area (Å²) in [6.45, 7) is 8.62. The number of nitrogens with one attached hydrogen (secondary N) is 1. The van der Waals surface area contributed by atoms with E-state index in [1.54, 1.807) is 0 Å². The summed E-state index contributed by atoms with van der Waals surface area (Å²) in [7, 11) is 2.06. The average molecular weight is 195 g/mol. The highest BCUT2D eigenvalue weighted by molar-refractivity contribution is 5.02. The van der Waals surface area contributed by atoms with E-state index in [1.165, 1.54) is 32.1 Å². The molecule has 1 aliphatic rings. The molecular formula is C13H25N. The van der Waals surface area contributed by atoms with Gasteiger partial charge in [0, 0.05) is 6.04 Å². The van der Waals surface area contributed by atoms with Gasteiger partial charge in [-0.25, -0.2) is 0 Å². The monoisotopic (exact) mass is 195 g/mol. The van der Waals surface area contributed by atoms with Crippen LogP contribution in [0.4, 0.5) is 0 Å². The zero-order valence-electron chi connectivity index (χ0n) is 9.97. The SMILES string of the molecule is C=CC(NC)C1(CC(C)C)CCCC1. The summed E-state index contributed by atoms with van der Waals surface area (Å²) in [6.07, 6.45) is 9.00. The highest BCUT2D eigenvalue weighted by Crippen LogP contribution is 2.46. The van der Waals surface area contributed by atoms with Gasteiger partial charge in [-0.1, -0.05) is 32.8 Å². The van der Waals surface area contributed by atoms with Crippen molar-refractivity contribution in [3.05, 3.63) is 12.7 Å². The van der Waals surface area contributed by atoms with E-state index in [0.717, 1.165) is 5.92 Å². The fourth-order valence-electron chi connectivity index (χ4n) is 3.21. The Kier molecular flexibility index (Phi) is 4.18. The van der Waals surface area contributed by atoms with Gasteiger partial charge in [0.15, 0.2) is 0 Å². The lowest BCUT2D eigenvalue weighted by molar-refractivity contribution is 0.189. The molecule has 1 N–H and O–H groups in total. The van der Waals surface area contributed by atoms with Crippen LogP contribution in [0.3, 0.4) is 0 Å². The molecule has 0 aliphatic heterocycles. The van der Waals surface area contributed by atoms with Gasteiger partial charge in [-0.3, -0.25) is 0 Å². The number of rotatable bonds is 5. The minimum atomic E-state index is 0.505. The maximum absolute atomic E-state index is 3.97. The second-order valence-electron chi connectivity index (χ2n) is 5.17. The normalized spacial score (nSPS) is 22.6. The van der Waals surface area contributed by atoms with Crippen LogP contribution in [-0.4, -0.2) is 13.1 Å². The van der Waals surface area contributed by atoms with Gasteiger partial charge in [0.1, 0.15) is 0 Å². The Morgan fingerprint density at radius 3 is 2.29 bits per heavy atom. The van der Waals surface area contributed by atoms with Crippen molar-refractivity contribution < 1.29 is 0 Å². The summed E-state index contributed by atoms with van der Waals surface area (Å²) in [5.41, 5.74) is 0.505. The Labute approximate surface area is 89.0 Å². The van der Waals surface area contributed by atoms with Crippen LogP contribution in [0.15, 0.2) is 12.7 Å². The first kappa shape index (κ1) is 11.8. The van der Waals surface area contributed by atoms with Crippen LogP contribution >= 0.6 is 0 Å². The Balaban J connectivity index is 2.74. The van der Waals surface area contributed by atoms with E-state index in [0.29, 0.717) is 11.5 Å². The minimum Gasteiger partial charge on any atom is -0.313 e. The van der Waals surface area contributed by atoms with E-state index in [-0.39, 0.29) is 0 Å². The highest BCUT2D eigenvalue weighted by atomic mass is 14.9. The largest absolute Gasteiger partial charge is 0.313 e. The summed E-state index contributed by atoms with van der Waals surface area (Å²) in [5, 5.41) is 3.42. The van der Waals surface area contributed by atoms with Crippen molar-refractivity contribution in [3.63, 3.8) is 0 Å². The van der Waals surface area contributed by atoms with E-state index in [2.05, 4.69) is 38.9 Å². The summed E-state index contributed by atoms with van der Waals surface area (Å²) < 4.78 is 0. The summed E-state index contributed by atoms with van der Waals surface area (Å²) in [5.74, 6) is 0.795. The lowest BCUT2D eigenvalue weighted by atomic mass is 9.72. The Bertz CT molecular complexity index is 178. The second-order valence-corrected chi connectivity index (χ2v) is 5.17. The maximum atomic E-state index is 3.97. The van der Waals surface area contributed by atoms with Gasteiger partial charge in [-0.15, -0.1) is 6.58 Å². The van der Waals surface area contributed by atoms with Crippen molar-refractivity contribution in [2.24, 2.45) is 11.3 Å². The van der Waals surface area contributed by atoms with Crippen molar-refractivity contribution in [3.8, 4) is 0 Å². The van der Waals surface area contributed by atoms with Crippen molar-refractivity contribution in [2.75, 3.05) is 7.05 Å². The smallest absolute Gasteiger partial charge is 0.0301 e. The Morgan fingerprint density at radius 2 is 1.93 bits per heavy atom. The quantitative estimate of drug-likeness (QED) is 0.663. The molecule has 1 fully saturated rings. The number of hydrogen-bond donors (Lipinski definition) is 1. The van der Waals surface area contributed by atoms with Gasteiger partial charge >= 0.3 is 0 Å². The molecule has 1 saturated carbocycles. The standard InChI is InChI=1S/C13H25N/c1-5-12(14-4)13(10-11(2)3)8-6-7-9-13/h5,11-12,14H,1,6-10H2,2-4H3. The van der Waals surface area contributed by atoms with Crippen LogP contribution in [0.25, 0.3) is 0 Å². The van der Waals surface area contributed by atoms with Crippen LogP contribution in [0.5, 0.6) is 0 Å². The molecule has 0 radical (unpaired) electrons. The van der Waals surface area contributed by atoms with Crippen molar-refractivity contribution >= 4 is 0 Å². The molecule has 1 heteroatoms. The molecule has 1 atom stereocenters. The maximum Gasteiger partial charge on any atom is 0.0301 e. The summed E-state index contributed by atoms with van der Waals surface area (Å²) in [6, 6.07) is 0.507. The molecule has 0 aromatic heterocycles. The first-order valence-corrected chi connectivity index (χ1v) is 5.94. The van der Waals surface area contributed by atoms with Crippen molar-refractivity contribution in [1.29, 1.82) is 0 Å². The highest BCUT2D eigenvalue weighted by Gasteiger charge is 2.39. The first-order chi connectivity index (χ1) is 6.64. The molecule has 82 valence electrons. The molecule has 0 heterocycles. The lowest BCUT2D eigenvalue weighted by Crippen LogP contribution is -2.41. The van der Waals surface area contributed by atoms with Gasteiger partial charge in [-0.05, 0) is 37.6 Å². The predicted octanol–water partition coefficient (Wildman–Crippen LogP) is 3.37.